The summed E-state index contributed by atoms with van der Waals surface area (Å²) in [6.45, 7) is 3.32. The Kier molecular flexibility index (Phi) is 3.73. The minimum atomic E-state index is -0.366. The van der Waals surface area contributed by atoms with E-state index in [1.54, 1.807) is 9.80 Å². The van der Waals surface area contributed by atoms with Gasteiger partial charge in [0.15, 0.2) is 11.4 Å². The number of ketones is 2. The SMILES string of the molecule is CC(=O)N1CCN(C(=O)c2cc3c(s2)C(=O)c2nsnc2C3=O)CC1. The number of fused-ring (bicyclic) bond motifs is 2. The molecule has 0 aromatic carbocycles. The quantitative estimate of drug-likeness (QED) is 0.619. The first-order valence-electron chi connectivity index (χ1n) is 7.58. The van der Waals surface area contributed by atoms with E-state index < -0.39 is 0 Å². The third-order valence-corrected chi connectivity index (χ3v) is 5.97. The molecule has 8 nitrogen and oxygen atoms in total. The van der Waals surface area contributed by atoms with E-state index >= 15 is 0 Å². The predicted molar refractivity (Wildman–Crippen MR) is 89.3 cm³/mol. The molecule has 0 radical (unpaired) electrons. The molecule has 2 aromatic heterocycles. The fourth-order valence-electron chi connectivity index (χ4n) is 2.94. The van der Waals surface area contributed by atoms with E-state index in [1.807, 2.05) is 0 Å². The summed E-state index contributed by atoms with van der Waals surface area (Å²) in [5, 5.41) is 0. The van der Waals surface area contributed by atoms with Gasteiger partial charge >= 0.3 is 0 Å². The molecule has 3 heterocycles. The Morgan fingerprint density at radius 1 is 1.00 bits per heavy atom. The average molecular weight is 376 g/mol. The van der Waals surface area contributed by atoms with Crippen LogP contribution in [0.3, 0.4) is 0 Å². The molecule has 1 aliphatic heterocycles. The number of thiophene rings is 1. The molecule has 2 aliphatic rings. The van der Waals surface area contributed by atoms with Crippen LogP contribution in [-0.4, -0.2) is 68.1 Å². The first kappa shape index (κ1) is 16.0. The molecular formula is C15H12N4O4S2. The van der Waals surface area contributed by atoms with E-state index in [0.717, 1.165) is 23.1 Å². The van der Waals surface area contributed by atoms with Crippen molar-refractivity contribution in [1.82, 2.24) is 18.5 Å². The second-order valence-electron chi connectivity index (χ2n) is 5.77. The molecule has 1 saturated heterocycles. The third kappa shape index (κ3) is 2.48. The molecule has 1 fully saturated rings. The van der Waals surface area contributed by atoms with Crippen molar-refractivity contribution in [1.29, 1.82) is 0 Å². The predicted octanol–water partition coefficient (Wildman–Crippen LogP) is 0.679. The van der Waals surface area contributed by atoms with E-state index in [4.69, 9.17) is 0 Å². The zero-order valence-corrected chi connectivity index (χ0v) is 14.8. The Bertz CT molecular complexity index is 876. The first-order chi connectivity index (χ1) is 12.0. The molecule has 10 heteroatoms. The lowest BCUT2D eigenvalue weighted by atomic mass is 9.97. The molecule has 0 spiro atoms. The maximum atomic E-state index is 12.7. The zero-order chi connectivity index (χ0) is 17.7. The second-order valence-corrected chi connectivity index (χ2v) is 7.35. The number of aromatic nitrogens is 2. The molecule has 0 saturated carbocycles. The van der Waals surface area contributed by atoms with E-state index in [-0.39, 0.29) is 45.2 Å². The molecule has 25 heavy (non-hydrogen) atoms. The maximum Gasteiger partial charge on any atom is 0.264 e. The number of carbonyl (C=O) groups is 4. The van der Waals surface area contributed by atoms with Crippen LogP contribution in [-0.2, 0) is 4.79 Å². The number of hydrogen-bond donors (Lipinski definition) is 0. The Morgan fingerprint density at radius 3 is 2.24 bits per heavy atom. The van der Waals surface area contributed by atoms with Crippen molar-refractivity contribution in [2.45, 2.75) is 6.92 Å². The van der Waals surface area contributed by atoms with Crippen molar-refractivity contribution in [3.63, 3.8) is 0 Å². The summed E-state index contributed by atoms with van der Waals surface area (Å²) in [5.41, 5.74) is 0.355. The maximum absolute atomic E-state index is 12.7. The van der Waals surface area contributed by atoms with Crippen molar-refractivity contribution in [3.8, 4) is 0 Å². The van der Waals surface area contributed by atoms with Crippen molar-refractivity contribution in [2.75, 3.05) is 26.2 Å². The zero-order valence-electron chi connectivity index (χ0n) is 13.1. The van der Waals surface area contributed by atoms with Crippen molar-refractivity contribution < 1.29 is 19.2 Å². The van der Waals surface area contributed by atoms with Gasteiger partial charge in [0.05, 0.1) is 21.5 Å². The monoisotopic (exact) mass is 376 g/mol. The molecule has 128 valence electrons. The molecule has 0 bridgehead atoms. The summed E-state index contributed by atoms with van der Waals surface area (Å²) in [6.07, 6.45) is 0. The largest absolute Gasteiger partial charge is 0.339 e. The molecule has 0 atom stereocenters. The number of nitrogens with zero attached hydrogens (tertiary/aromatic N) is 4. The number of piperazine rings is 1. The van der Waals surface area contributed by atoms with Gasteiger partial charge in [-0.1, -0.05) is 0 Å². The van der Waals surface area contributed by atoms with Gasteiger partial charge in [0.2, 0.25) is 17.5 Å². The van der Waals surface area contributed by atoms with Crippen molar-refractivity contribution in [2.24, 2.45) is 0 Å². The van der Waals surface area contributed by atoms with Crippen LogP contribution in [0.4, 0.5) is 0 Å². The average Bonchev–Trinajstić information content (AvgIpc) is 3.27. The fourth-order valence-corrected chi connectivity index (χ4v) is 4.54. The molecule has 1 aliphatic carbocycles. The van der Waals surface area contributed by atoms with Gasteiger partial charge in [0, 0.05) is 38.7 Å². The summed E-state index contributed by atoms with van der Waals surface area (Å²) in [7, 11) is 0. The highest BCUT2D eigenvalue weighted by Gasteiger charge is 2.37. The van der Waals surface area contributed by atoms with Crippen LogP contribution in [0.2, 0.25) is 0 Å². The lowest BCUT2D eigenvalue weighted by Crippen LogP contribution is -2.49. The van der Waals surface area contributed by atoms with Gasteiger partial charge in [-0.25, -0.2) is 0 Å². The highest BCUT2D eigenvalue weighted by Crippen LogP contribution is 2.33. The lowest BCUT2D eigenvalue weighted by molar-refractivity contribution is -0.130. The van der Waals surface area contributed by atoms with Crippen LogP contribution in [0, 0.1) is 0 Å². The topological polar surface area (TPSA) is 101 Å². The third-order valence-electron chi connectivity index (χ3n) is 4.32. The van der Waals surface area contributed by atoms with Crippen LogP contribution in [0.25, 0.3) is 0 Å². The van der Waals surface area contributed by atoms with E-state index in [9.17, 15) is 19.2 Å². The Balaban J connectivity index is 1.59. The minimum Gasteiger partial charge on any atom is -0.339 e. The van der Waals surface area contributed by atoms with Gasteiger partial charge in [0.25, 0.3) is 5.91 Å². The second kappa shape index (κ2) is 5.81. The molecule has 2 aromatic rings. The van der Waals surface area contributed by atoms with Gasteiger partial charge in [-0.2, -0.15) is 8.75 Å². The standard InChI is InChI=1S/C15H12N4O4S2/c1-7(20)18-2-4-19(5-3-18)15(23)9-6-8-12(21)10-11(17-25-16-10)13(22)14(8)24-9/h6H,2-5H2,1H3. The van der Waals surface area contributed by atoms with Gasteiger partial charge in [-0.3, -0.25) is 19.2 Å². The Labute approximate surface area is 150 Å². The van der Waals surface area contributed by atoms with Gasteiger partial charge in [0.1, 0.15) is 0 Å². The first-order valence-corrected chi connectivity index (χ1v) is 9.12. The number of rotatable bonds is 1. The fraction of sp³-hybridized carbons (Fsp3) is 0.333. The van der Waals surface area contributed by atoms with Gasteiger partial charge in [-0.05, 0) is 6.07 Å². The Morgan fingerprint density at radius 2 is 1.60 bits per heavy atom. The van der Waals surface area contributed by atoms with E-state index in [2.05, 4.69) is 8.75 Å². The minimum absolute atomic E-state index is 0.0131. The van der Waals surface area contributed by atoms with Crippen molar-refractivity contribution >= 4 is 46.4 Å². The van der Waals surface area contributed by atoms with Crippen molar-refractivity contribution in [3.05, 3.63) is 32.8 Å². The molecule has 4 rings (SSSR count). The molecule has 0 unspecified atom stereocenters. The molecular weight excluding hydrogens is 364 g/mol. The summed E-state index contributed by atoms with van der Waals surface area (Å²) >= 11 is 1.85. The smallest absolute Gasteiger partial charge is 0.264 e. The van der Waals surface area contributed by atoms with Gasteiger partial charge in [-0.15, -0.1) is 11.3 Å². The van der Waals surface area contributed by atoms with Crippen LogP contribution in [0.15, 0.2) is 6.07 Å². The number of amides is 2. The summed E-state index contributed by atoms with van der Waals surface area (Å²) < 4.78 is 7.78. The summed E-state index contributed by atoms with van der Waals surface area (Å²) in [5.74, 6) is -0.966. The highest BCUT2D eigenvalue weighted by molar-refractivity contribution is 7.16. The van der Waals surface area contributed by atoms with Crippen LogP contribution in [0.1, 0.15) is 48.0 Å². The van der Waals surface area contributed by atoms with Gasteiger partial charge < -0.3 is 9.80 Å². The van der Waals surface area contributed by atoms with Crippen LogP contribution in [0.5, 0.6) is 0 Å². The Hall–Kier alpha value is -2.46. The van der Waals surface area contributed by atoms with Crippen LogP contribution < -0.4 is 0 Å². The molecule has 2 amide bonds. The normalized spacial score (nSPS) is 16.7. The number of carbonyl (C=O) groups excluding carboxylic acids is 4. The van der Waals surface area contributed by atoms with E-state index in [0.29, 0.717) is 31.1 Å². The number of hydrogen-bond acceptors (Lipinski definition) is 8. The summed E-state index contributed by atoms with van der Waals surface area (Å²) in [4.78, 5) is 52.9. The molecule has 0 N–H and O–H groups in total. The highest BCUT2D eigenvalue weighted by atomic mass is 32.1. The van der Waals surface area contributed by atoms with E-state index in [1.165, 1.54) is 13.0 Å². The summed E-state index contributed by atoms with van der Waals surface area (Å²) in [6, 6.07) is 1.47. The van der Waals surface area contributed by atoms with Crippen LogP contribution >= 0.6 is 23.1 Å². The lowest BCUT2D eigenvalue weighted by Gasteiger charge is -2.33.